The van der Waals surface area contributed by atoms with Crippen molar-refractivity contribution >= 4 is 5.91 Å². The first kappa shape index (κ1) is 10.4. The molecule has 0 saturated carbocycles. The molecule has 0 N–H and O–H groups in total. The number of carbonyl (C=O) groups is 1. The minimum atomic E-state index is -0.572. The topological polar surface area (TPSA) is 38.8 Å². The van der Waals surface area contributed by atoms with Crippen LogP contribution in [0.3, 0.4) is 0 Å². The Bertz CT molecular complexity index is 469. The van der Waals surface area contributed by atoms with Gasteiger partial charge in [0.25, 0.3) is 12.3 Å². The van der Waals surface area contributed by atoms with Crippen molar-refractivity contribution in [3.63, 3.8) is 0 Å². The Labute approximate surface area is 99.4 Å². The van der Waals surface area contributed by atoms with Gasteiger partial charge in [0.2, 0.25) is 0 Å². The van der Waals surface area contributed by atoms with Crippen molar-refractivity contribution in [2.75, 3.05) is 6.61 Å². The molecule has 88 valence electrons. The van der Waals surface area contributed by atoms with Crippen LogP contribution in [0.15, 0.2) is 42.2 Å². The normalized spacial score (nSPS) is 27.5. The van der Waals surface area contributed by atoms with Crippen molar-refractivity contribution in [2.24, 2.45) is 0 Å². The second kappa shape index (κ2) is 3.89. The predicted molar refractivity (Wildman–Crippen MR) is 60.6 cm³/mol. The first-order valence-electron chi connectivity index (χ1n) is 5.59. The molecular weight excluding hydrogens is 218 g/mol. The lowest BCUT2D eigenvalue weighted by molar-refractivity contribution is -0.175. The van der Waals surface area contributed by atoms with Gasteiger partial charge in [-0.25, -0.2) is 0 Å². The summed E-state index contributed by atoms with van der Waals surface area (Å²) < 4.78 is 11.0. The van der Waals surface area contributed by atoms with Gasteiger partial charge in [0.1, 0.15) is 5.76 Å². The fraction of sp³-hybridized carbons (Fsp3) is 0.308. The van der Waals surface area contributed by atoms with Crippen LogP contribution >= 0.6 is 0 Å². The minimum absolute atomic E-state index is 0.0508. The van der Waals surface area contributed by atoms with E-state index >= 15 is 0 Å². The molecular formula is C13H13NO3. The van der Waals surface area contributed by atoms with Crippen molar-refractivity contribution in [3.8, 4) is 0 Å². The van der Waals surface area contributed by atoms with Gasteiger partial charge in [-0.15, -0.1) is 0 Å². The van der Waals surface area contributed by atoms with Crippen molar-refractivity contribution < 1.29 is 14.3 Å². The third kappa shape index (κ3) is 1.70. The maximum Gasteiger partial charge on any atom is 0.286 e. The largest absolute Gasteiger partial charge is 0.451 e. The monoisotopic (exact) mass is 231 g/mol. The third-order valence-electron chi connectivity index (χ3n) is 3.01. The highest BCUT2D eigenvalue weighted by atomic mass is 16.7. The van der Waals surface area contributed by atoms with Gasteiger partial charge >= 0.3 is 0 Å². The molecule has 2 aliphatic heterocycles. The summed E-state index contributed by atoms with van der Waals surface area (Å²) >= 11 is 0. The van der Waals surface area contributed by atoms with Crippen molar-refractivity contribution in [1.29, 1.82) is 0 Å². The lowest BCUT2D eigenvalue weighted by Crippen LogP contribution is -2.41. The number of rotatable bonds is 1. The molecule has 1 fully saturated rings. The SMILES string of the molecule is CC1=CC(=O)N2C(OCC2c2ccccc2)O1. The minimum Gasteiger partial charge on any atom is -0.451 e. The summed E-state index contributed by atoms with van der Waals surface area (Å²) in [5.41, 5.74) is 1.07. The zero-order valence-corrected chi connectivity index (χ0v) is 9.50. The fourth-order valence-corrected chi connectivity index (χ4v) is 2.20. The summed E-state index contributed by atoms with van der Waals surface area (Å²) in [6.45, 7) is 2.23. The molecule has 1 saturated heterocycles. The van der Waals surface area contributed by atoms with E-state index in [4.69, 9.17) is 9.47 Å². The second-order valence-electron chi connectivity index (χ2n) is 4.19. The van der Waals surface area contributed by atoms with E-state index in [1.807, 2.05) is 30.3 Å². The van der Waals surface area contributed by atoms with Crippen LogP contribution in [-0.4, -0.2) is 23.8 Å². The number of allylic oxidation sites excluding steroid dienone is 1. The van der Waals surface area contributed by atoms with Gasteiger partial charge < -0.3 is 9.47 Å². The van der Waals surface area contributed by atoms with Crippen LogP contribution < -0.4 is 0 Å². The number of hydrogen-bond acceptors (Lipinski definition) is 3. The standard InChI is InChI=1S/C13H13NO3/c1-9-7-12(15)14-11(8-16-13(14)17-9)10-5-3-2-4-6-10/h2-7,11,13H,8H2,1H3. The number of carbonyl (C=O) groups excluding carboxylic acids is 1. The van der Waals surface area contributed by atoms with Crippen molar-refractivity contribution in [3.05, 3.63) is 47.7 Å². The quantitative estimate of drug-likeness (QED) is 0.739. The van der Waals surface area contributed by atoms with Crippen LogP contribution in [0.5, 0.6) is 0 Å². The fourth-order valence-electron chi connectivity index (χ4n) is 2.20. The van der Waals surface area contributed by atoms with Gasteiger partial charge in [-0.1, -0.05) is 30.3 Å². The number of fused-ring (bicyclic) bond motifs is 1. The number of amides is 1. The number of ether oxygens (including phenoxy) is 2. The molecule has 1 aromatic carbocycles. The molecule has 4 heteroatoms. The zero-order chi connectivity index (χ0) is 11.8. The Kier molecular flexibility index (Phi) is 2.37. The van der Waals surface area contributed by atoms with E-state index in [2.05, 4.69) is 0 Å². The summed E-state index contributed by atoms with van der Waals surface area (Å²) in [4.78, 5) is 13.6. The Morgan fingerprint density at radius 1 is 1.29 bits per heavy atom. The average Bonchev–Trinajstić information content (AvgIpc) is 2.74. The third-order valence-corrected chi connectivity index (χ3v) is 3.01. The average molecular weight is 231 g/mol. The molecule has 1 amide bonds. The Hall–Kier alpha value is -1.81. The predicted octanol–water partition coefficient (Wildman–Crippen LogP) is 1.80. The number of hydrogen-bond donors (Lipinski definition) is 0. The molecule has 1 aromatic rings. The van der Waals surface area contributed by atoms with Gasteiger partial charge in [-0.2, -0.15) is 0 Å². The molecule has 0 bridgehead atoms. The molecule has 0 aliphatic carbocycles. The molecule has 2 atom stereocenters. The lowest BCUT2D eigenvalue weighted by Gasteiger charge is -2.30. The highest BCUT2D eigenvalue weighted by Gasteiger charge is 2.41. The highest BCUT2D eigenvalue weighted by molar-refractivity contribution is 5.89. The first-order chi connectivity index (χ1) is 8.25. The summed E-state index contributed by atoms with van der Waals surface area (Å²) in [7, 11) is 0. The van der Waals surface area contributed by atoms with E-state index in [1.54, 1.807) is 11.8 Å². The van der Waals surface area contributed by atoms with Gasteiger partial charge in [-0.05, 0) is 12.5 Å². The Balaban J connectivity index is 1.93. The van der Waals surface area contributed by atoms with Gasteiger partial charge in [0.15, 0.2) is 0 Å². The molecule has 4 nitrogen and oxygen atoms in total. The Morgan fingerprint density at radius 3 is 2.82 bits per heavy atom. The van der Waals surface area contributed by atoms with E-state index in [0.717, 1.165) is 5.56 Å². The summed E-state index contributed by atoms with van der Waals surface area (Å²) in [6, 6.07) is 9.80. The number of benzene rings is 1. The van der Waals surface area contributed by atoms with Crippen LogP contribution in [0.2, 0.25) is 0 Å². The van der Waals surface area contributed by atoms with Crippen LogP contribution in [-0.2, 0) is 14.3 Å². The number of nitrogens with zero attached hydrogens (tertiary/aromatic N) is 1. The summed E-state index contributed by atoms with van der Waals surface area (Å²) in [5.74, 6) is 0.551. The molecule has 0 radical (unpaired) electrons. The summed E-state index contributed by atoms with van der Waals surface area (Å²) in [6.07, 6.45) is 0.930. The smallest absolute Gasteiger partial charge is 0.286 e. The lowest BCUT2D eigenvalue weighted by atomic mass is 10.1. The molecule has 3 rings (SSSR count). The van der Waals surface area contributed by atoms with Crippen LogP contribution in [0, 0.1) is 0 Å². The molecule has 0 spiro atoms. The second-order valence-corrected chi connectivity index (χ2v) is 4.19. The zero-order valence-electron chi connectivity index (χ0n) is 9.50. The molecule has 17 heavy (non-hydrogen) atoms. The maximum atomic E-state index is 12.0. The van der Waals surface area contributed by atoms with Gasteiger partial charge in [0, 0.05) is 6.08 Å². The van der Waals surface area contributed by atoms with Crippen LogP contribution in [0.4, 0.5) is 0 Å². The maximum absolute atomic E-state index is 12.0. The van der Waals surface area contributed by atoms with Gasteiger partial charge in [-0.3, -0.25) is 9.69 Å². The van der Waals surface area contributed by atoms with Crippen molar-refractivity contribution in [1.82, 2.24) is 4.90 Å². The van der Waals surface area contributed by atoms with E-state index in [9.17, 15) is 4.79 Å². The molecule has 2 aliphatic rings. The van der Waals surface area contributed by atoms with Crippen molar-refractivity contribution in [2.45, 2.75) is 19.4 Å². The van der Waals surface area contributed by atoms with E-state index in [0.29, 0.717) is 12.4 Å². The van der Waals surface area contributed by atoms with E-state index in [1.165, 1.54) is 6.08 Å². The molecule has 0 aromatic heterocycles. The molecule has 2 heterocycles. The van der Waals surface area contributed by atoms with Gasteiger partial charge in [0.05, 0.1) is 12.6 Å². The summed E-state index contributed by atoms with van der Waals surface area (Å²) in [5, 5.41) is 0. The van der Waals surface area contributed by atoms with E-state index in [-0.39, 0.29) is 11.9 Å². The van der Waals surface area contributed by atoms with E-state index < -0.39 is 6.41 Å². The molecule has 2 unspecified atom stereocenters. The highest BCUT2D eigenvalue weighted by Crippen LogP contribution is 2.34. The van der Waals surface area contributed by atoms with Crippen LogP contribution in [0.1, 0.15) is 18.5 Å². The first-order valence-corrected chi connectivity index (χ1v) is 5.59. The Morgan fingerprint density at radius 2 is 2.06 bits per heavy atom. The van der Waals surface area contributed by atoms with Crippen LogP contribution in [0.25, 0.3) is 0 Å².